The van der Waals surface area contributed by atoms with Gasteiger partial charge in [-0.1, -0.05) is 12.1 Å². The van der Waals surface area contributed by atoms with Crippen LogP contribution in [0.2, 0.25) is 0 Å². The summed E-state index contributed by atoms with van der Waals surface area (Å²) in [6.07, 6.45) is -0.241. The second kappa shape index (κ2) is 2.90. The summed E-state index contributed by atoms with van der Waals surface area (Å²) >= 11 is 0. The SMILES string of the molecule is CC1=NO[C@@H](CC(=O)O)C1C. The van der Waals surface area contributed by atoms with Crippen LogP contribution in [0.5, 0.6) is 0 Å². The second-order valence-electron chi connectivity index (χ2n) is 2.76. The molecule has 0 aromatic carbocycles. The molecule has 0 aromatic heterocycles. The number of nitrogens with zero attached hydrogens (tertiary/aromatic N) is 1. The third-order valence-electron chi connectivity index (χ3n) is 1.92. The van der Waals surface area contributed by atoms with Crippen molar-refractivity contribution in [3.63, 3.8) is 0 Å². The van der Waals surface area contributed by atoms with Gasteiger partial charge in [-0.25, -0.2) is 0 Å². The Bertz CT molecular complexity index is 200. The van der Waals surface area contributed by atoms with Gasteiger partial charge in [-0.05, 0) is 6.92 Å². The quantitative estimate of drug-likeness (QED) is 0.647. The molecule has 0 saturated carbocycles. The van der Waals surface area contributed by atoms with Crippen molar-refractivity contribution < 1.29 is 14.7 Å². The first-order valence-corrected chi connectivity index (χ1v) is 3.53. The zero-order chi connectivity index (χ0) is 8.43. The Balaban J connectivity index is 2.47. The molecule has 4 heteroatoms. The molecule has 0 bridgehead atoms. The first kappa shape index (κ1) is 8.04. The van der Waals surface area contributed by atoms with Crippen molar-refractivity contribution in [2.75, 3.05) is 0 Å². The van der Waals surface area contributed by atoms with Crippen LogP contribution in [-0.2, 0) is 9.63 Å². The standard InChI is InChI=1S/C7H11NO3/c1-4-5(2)8-11-6(4)3-7(9)10/h4,6H,3H2,1-2H3,(H,9,10)/t4?,6-/m0/s1. The lowest BCUT2D eigenvalue weighted by molar-refractivity contribution is -0.140. The number of carboxylic acids is 1. The van der Waals surface area contributed by atoms with E-state index in [1.807, 2.05) is 13.8 Å². The monoisotopic (exact) mass is 157 g/mol. The fraction of sp³-hybridized carbons (Fsp3) is 0.714. The van der Waals surface area contributed by atoms with E-state index in [4.69, 9.17) is 9.94 Å². The van der Waals surface area contributed by atoms with Gasteiger partial charge >= 0.3 is 5.97 Å². The molecule has 1 aliphatic rings. The van der Waals surface area contributed by atoms with Crippen molar-refractivity contribution in [3.05, 3.63) is 0 Å². The summed E-state index contributed by atoms with van der Waals surface area (Å²) < 4.78 is 0. The topological polar surface area (TPSA) is 58.9 Å². The lowest BCUT2D eigenvalue weighted by Gasteiger charge is -2.09. The average molecular weight is 157 g/mol. The number of carbonyl (C=O) groups is 1. The fourth-order valence-electron chi connectivity index (χ4n) is 0.980. The van der Waals surface area contributed by atoms with Crippen LogP contribution in [-0.4, -0.2) is 22.9 Å². The predicted octanol–water partition coefficient (Wildman–Crippen LogP) is 0.872. The summed E-state index contributed by atoms with van der Waals surface area (Å²) in [6.45, 7) is 3.76. The van der Waals surface area contributed by atoms with E-state index in [9.17, 15) is 4.79 Å². The van der Waals surface area contributed by atoms with Crippen LogP contribution in [0.4, 0.5) is 0 Å². The number of hydrogen-bond donors (Lipinski definition) is 1. The van der Waals surface area contributed by atoms with Gasteiger partial charge in [0.2, 0.25) is 0 Å². The molecule has 0 fully saturated rings. The third-order valence-corrected chi connectivity index (χ3v) is 1.92. The van der Waals surface area contributed by atoms with Gasteiger partial charge in [-0.15, -0.1) is 0 Å². The van der Waals surface area contributed by atoms with E-state index >= 15 is 0 Å². The number of hydrogen-bond acceptors (Lipinski definition) is 3. The molecule has 0 amide bonds. The van der Waals surface area contributed by atoms with E-state index in [1.165, 1.54) is 0 Å². The van der Waals surface area contributed by atoms with Gasteiger partial charge in [0.05, 0.1) is 12.1 Å². The van der Waals surface area contributed by atoms with E-state index in [0.717, 1.165) is 5.71 Å². The Kier molecular flexibility index (Phi) is 2.12. The minimum atomic E-state index is -0.841. The molecule has 62 valence electrons. The molecule has 1 aliphatic heterocycles. The first-order chi connectivity index (χ1) is 5.11. The molecule has 1 rings (SSSR count). The highest BCUT2D eigenvalue weighted by Crippen LogP contribution is 2.20. The minimum Gasteiger partial charge on any atom is -0.481 e. The smallest absolute Gasteiger partial charge is 0.307 e. The van der Waals surface area contributed by atoms with Crippen LogP contribution in [0, 0.1) is 5.92 Å². The highest BCUT2D eigenvalue weighted by atomic mass is 16.6. The average Bonchev–Trinajstić information content (AvgIpc) is 2.18. The van der Waals surface area contributed by atoms with Crippen LogP contribution in [0.15, 0.2) is 5.16 Å². The Morgan fingerprint density at radius 1 is 1.82 bits per heavy atom. The van der Waals surface area contributed by atoms with Crippen molar-refractivity contribution in [2.24, 2.45) is 11.1 Å². The van der Waals surface area contributed by atoms with Gasteiger partial charge < -0.3 is 9.94 Å². The molecule has 2 atom stereocenters. The maximum atomic E-state index is 10.3. The fourth-order valence-corrected chi connectivity index (χ4v) is 0.980. The molecule has 0 radical (unpaired) electrons. The summed E-state index contributed by atoms with van der Waals surface area (Å²) in [5, 5.41) is 12.2. The highest BCUT2D eigenvalue weighted by molar-refractivity contribution is 5.85. The molecule has 0 spiro atoms. The number of oxime groups is 1. The van der Waals surface area contributed by atoms with Crippen LogP contribution < -0.4 is 0 Å². The molecule has 0 aromatic rings. The molecule has 4 nitrogen and oxygen atoms in total. The van der Waals surface area contributed by atoms with E-state index < -0.39 is 5.97 Å². The van der Waals surface area contributed by atoms with Gasteiger partial charge in [0.25, 0.3) is 0 Å². The minimum absolute atomic E-state index is 0.0298. The largest absolute Gasteiger partial charge is 0.481 e. The molecule has 1 unspecified atom stereocenters. The van der Waals surface area contributed by atoms with Crippen molar-refractivity contribution in [1.29, 1.82) is 0 Å². The zero-order valence-electron chi connectivity index (χ0n) is 6.57. The maximum Gasteiger partial charge on any atom is 0.307 e. The van der Waals surface area contributed by atoms with E-state index in [1.54, 1.807) is 0 Å². The van der Waals surface area contributed by atoms with Gasteiger partial charge in [0.15, 0.2) is 0 Å². The molecule has 0 aliphatic carbocycles. The lowest BCUT2D eigenvalue weighted by Crippen LogP contribution is -2.22. The highest BCUT2D eigenvalue weighted by Gasteiger charge is 2.29. The second-order valence-corrected chi connectivity index (χ2v) is 2.76. The zero-order valence-corrected chi connectivity index (χ0v) is 6.57. The van der Waals surface area contributed by atoms with E-state index in [2.05, 4.69) is 5.16 Å². The Labute approximate surface area is 64.8 Å². The lowest BCUT2D eigenvalue weighted by atomic mass is 9.99. The first-order valence-electron chi connectivity index (χ1n) is 3.53. The Morgan fingerprint density at radius 2 is 2.45 bits per heavy atom. The van der Waals surface area contributed by atoms with Crippen molar-refractivity contribution in [2.45, 2.75) is 26.4 Å². The van der Waals surface area contributed by atoms with E-state index in [-0.39, 0.29) is 18.4 Å². The number of aliphatic carboxylic acids is 1. The third kappa shape index (κ3) is 1.69. The molecule has 11 heavy (non-hydrogen) atoms. The summed E-state index contributed by atoms with van der Waals surface area (Å²) in [5.41, 5.74) is 0.872. The molecular weight excluding hydrogens is 146 g/mol. The summed E-state index contributed by atoms with van der Waals surface area (Å²) in [7, 11) is 0. The maximum absolute atomic E-state index is 10.3. The van der Waals surface area contributed by atoms with Gasteiger partial charge in [0, 0.05) is 5.92 Å². The Morgan fingerprint density at radius 3 is 2.82 bits per heavy atom. The van der Waals surface area contributed by atoms with Crippen molar-refractivity contribution in [1.82, 2.24) is 0 Å². The van der Waals surface area contributed by atoms with E-state index in [0.29, 0.717) is 0 Å². The van der Waals surface area contributed by atoms with Crippen LogP contribution in [0.25, 0.3) is 0 Å². The van der Waals surface area contributed by atoms with Crippen molar-refractivity contribution in [3.8, 4) is 0 Å². The van der Waals surface area contributed by atoms with Crippen molar-refractivity contribution >= 4 is 11.7 Å². The summed E-state index contributed by atoms with van der Waals surface area (Å²) in [5.74, 6) is -0.710. The molecule has 0 saturated heterocycles. The van der Waals surface area contributed by atoms with Gasteiger partial charge in [-0.3, -0.25) is 4.79 Å². The van der Waals surface area contributed by atoms with Crippen LogP contribution >= 0.6 is 0 Å². The Hall–Kier alpha value is -1.06. The van der Waals surface area contributed by atoms with Gasteiger partial charge in [-0.2, -0.15) is 0 Å². The van der Waals surface area contributed by atoms with Gasteiger partial charge in [0.1, 0.15) is 6.10 Å². The molecule has 1 N–H and O–H groups in total. The van der Waals surface area contributed by atoms with Crippen LogP contribution in [0.1, 0.15) is 20.3 Å². The normalized spacial score (nSPS) is 29.5. The number of carboxylic acid groups (broad SMARTS) is 1. The molecular formula is C7H11NO3. The molecule has 1 heterocycles. The number of rotatable bonds is 2. The summed E-state index contributed by atoms with van der Waals surface area (Å²) in [4.78, 5) is 15.2. The summed E-state index contributed by atoms with van der Waals surface area (Å²) in [6, 6.07) is 0. The van der Waals surface area contributed by atoms with Crippen LogP contribution in [0.3, 0.4) is 0 Å². The predicted molar refractivity (Wildman–Crippen MR) is 39.4 cm³/mol.